The maximum atomic E-state index is 13.5. The molecule has 1 N–H and O–H groups in total. The van der Waals surface area contributed by atoms with Crippen LogP contribution in [0.5, 0.6) is 17.2 Å². The molecule has 1 atom stereocenters. The third kappa shape index (κ3) is 4.87. The SMILES string of the molecule is COc1ccccc1OCCNC(=O)[C@H](C)Oc1ccccc1F. The van der Waals surface area contributed by atoms with E-state index in [-0.39, 0.29) is 18.3 Å². The van der Waals surface area contributed by atoms with E-state index < -0.39 is 11.9 Å². The van der Waals surface area contributed by atoms with Crippen LogP contribution in [0.15, 0.2) is 48.5 Å². The molecule has 2 aromatic rings. The second-order valence-electron chi connectivity index (χ2n) is 4.98. The van der Waals surface area contributed by atoms with Crippen molar-refractivity contribution < 1.29 is 23.4 Å². The van der Waals surface area contributed by atoms with Gasteiger partial charge in [0.15, 0.2) is 29.2 Å². The number of hydrogen-bond donors (Lipinski definition) is 1. The number of hydrogen-bond acceptors (Lipinski definition) is 4. The van der Waals surface area contributed by atoms with Gasteiger partial charge in [0.05, 0.1) is 13.7 Å². The van der Waals surface area contributed by atoms with E-state index in [1.165, 1.54) is 12.1 Å². The number of para-hydroxylation sites is 3. The highest BCUT2D eigenvalue weighted by molar-refractivity contribution is 5.80. The molecule has 5 nitrogen and oxygen atoms in total. The van der Waals surface area contributed by atoms with E-state index in [2.05, 4.69) is 5.32 Å². The fraction of sp³-hybridized carbons (Fsp3) is 0.278. The summed E-state index contributed by atoms with van der Waals surface area (Å²) < 4.78 is 29.5. The van der Waals surface area contributed by atoms with Gasteiger partial charge in [-0.25, -0.2) is 4.39 Å². The molecule has 0 saturated heterocycles. The summed E-state index contributed by atoms with van der Waals surface area (Å²) in [5, 5.41) is 2.68. The minimum Gasteiger partial charge on any atom is -0.493 e. The summed E-state index contributed by atoms with van der Waals surface area (Å²) in [4.78, 5) is 12.0. The van der Waals surface area contributed by atoms with Crippen molar-refractivity contribution in [2.75, 3.05) is 20.3 Å². The Morgan fingerprint density at radius 1 is 1.08 bits per heavy atom. The van der Waals surface area contributed by atoms with Crippen molar-refractivity contribution in [3.63, 3.8) is 0 Å². The Morgan fingerprint density at radius 2 is 1.71 bits per heavy atom. The maximum Gasteiger partial charge on any atom is 0.260 e. The van der Waals surface area contributed by atoms with Gasteiger partial charge in [-0.1, -0.05) is 24.3 Å². The van der Waals surface area contributed by atoms with Crippen molar-refractivity contribution in [3.8, 4) is 17.2 Å². The molecule has 0 spiro atoms. The van der Waals surface area contributed by atoms with Crippen LogP contribution >= 0.6 is 0 Å². The molecule has 128 valence electrons. The molecular formula is C18H20FNO4. The summed E-state index contributed by atoms with van der Waals surface area (Å²) in [7, 11) is 1.56. The number of ether oxygens (including phenoxy) is 3. The first kappa shape index (κ1) is 17.6. The predicted octanol–water partition coefficient (Wildman–Crippen LogP) is 2.80. The zero-order chi connectivity index (χ0) is 17.4. The van der Waals surface area contributed by atoms with Gasteiger partial charge in [-0.3, -0.25) is 4.79 Å². The number of carbonyl (C=O) groups excluding carboxylic acids is 1. The van der Waals surface area contributed by atoms with Gasteiger partial charge < -0.3 is 19.5 Å². The third-order valence-electron chi connectivity index (χ3n) is 3.24. The van der Waals surface area contributed by atoms with Crippen molar-refractivity contribution in [2.45, 2.75) is 13.0 Å². The number of rotatable bonds is 8. The van der Waals surface area contributed by atoms with Crippen molar-refractivity contribution in [2.24, 2.45) is 0 Å². The summed E-state index contributed by atoms with van der Waals surface area (Å²) in [6.07, 6.45) is -0.812. The number of carbonyl (C=O) groups is 1. The maximum absolute atomic E-state index is 13.5. The van der Waals surface area contributed by atoms with E-state index in [9.17, 15) is 9.18 Å². The number of nitrogens with one attached hydrogen (secondary N) is 1. The minimum atomic E-state index is -0.812. The van der Waals surface area contributed by atoms with Crippen LogP contribution < -0.4 is 19.5 Å². The molecule has 2 aromatic carbocycles. The summed E-state index contributed by atoms with van der Waals surface area (Å²) in [6, 6.07) is 13.2. The standard InChI is InChI=1S/C18H20FNO4/c1-13(24-15-8-4-3-7-14(15)19)18(21)20-11-12-23-17-10-6-5-9-16(17)22-2/h3-10,13H,11-12H2,1-2H3,(H,20,21)/t13-/m0/s1. The average molecular weight is 333 g/mol. The molecule has 0 fully saturated rings. The molecule has 0 aliphatic carbocycles. The highest BCUT2D eigenvalue weighted by Crippen LogP contribution is 2.25. The van der Waals surface area contributed by atoms with Crippen LogP contribution in [-0.2, 0) is 4.79 Å². The molecule has 0 aromatic heterocycles. The summed E-state index contributed by atoms with van der Waals surface area (Å²) in [5.74, 6) is 0.425. The minimum absolute atomic E-state index is 0.0467. The smallest absolute Gasteiger partial charge is 0.260 e. The van der Waals surface area contributed by atoms with E-state index >= 15 is 0 Å². The Balaban J connectivity index is 1.75. The lowest BCUT2D eigenvalue weighted by Gasteiger charge is -2.15. The Hall–Kier alpha value is -2.76. The van der Waals surface area contributed by atoms with Gasteiger partial charge in [-0.15, -0.1) is 0 Å². The molecule has 24 heavy (non-hydrogen) atoms. The van der Waals surface area contributed by atoms with Gasteiger partial charge in [0, 0.05) is 0 Å². The van der Waals surface area contributed by atoms with Crippen LogP contribution in [-0.4, -0.2) is 32.3 Å². The Bertz CT molecular complexity index is 678. The lowest BCUT2D eigenvalue weighted by Crippen LogP contribution is -2.38. The Kier molecular flexibility index (Phi) is 6.42. The molecular weight excluding hydrogens is 313 g/mol. The topological polar surface area (TPSA) is 56.8 Å². The number of methoxy groups -OCH3 is 1. The number of benzene rings is 2. The van der Waals surface area contributed by atoms with Crippen LogP contribution in [0.1, 0.15) is 6.92 Å². The first-order valence-corrected chi connectivity index (χ1v) is 7.56. The van der Waals surface area contributed by atoms with Gasteiger partial charge >= 0.3 is 0 Å². The molecule has 0 radical (unpaired) electrons. The highest BCUT2D eigenvalue weighted by Gasteiger charge is 2.15. The van der Waals surface area contributed by atoms with Crippen LogP contribution in [0.4, 0.5) is 4.39 Å². The molecule has 0 saturated carbocycles. The van der Waals surface area contributed by atoms with E-state index in [4.69, 9.17) is 14.2 Å². The fourth-order valence-corrected chi connectivity index (χ4v) is 2.00. The quantitative estimate of drug-likeness (QED) is 0.755. The van der Waals surface area contributed by atoms with E-state index in [1.807, 2.05) is 12.1 Å². The van der Waals surface area contributed by atoms with Crippen molar-refractivity contribution in [1.29, 1.82) is 0 Å². The lowest BCUT2D eigenvalue weighted by atomic mass is 10.3. The lowest BCUT2D eigenvalue weighted by molar-refractivity contribution is -0.127. The Labute approximate surface area is 140 Å². The van der Waals surface area contributed by atoms with Crippen LogP contribution in [0, 0.1) is 5.82 Å². The number of amides is 1. The molecule has 0 heterocycles. The van der Waals surface area contributed by atoms with Crippen molar-refractivity contribution in [3.05, 3.63) is 54.3 Å². The fourth-order valence-electron chi connectivity index (χ4n) is 2.00. The zero-order valence-corrected chi connectivity index (χ0v) is 13.6. The molecule has 0 aliphatic heterocycles. The van der Waals surface area contributed by atoms with Crippen molar-refractivity contribution >= 4 is 5.91 Å². The average Bonchev–Trinajstić information content (AvgIpc) is 2.60. The van der Waals surface area contributed by atoms with Gasteiger partial charge in [0.1, 0.15) is 6.61 Å². The van der Waals surface area contributed by atoms with Gasteiger partial charge in [-0.2, -0.15) is 0 Å². The monoisotopic (exact) mass is 333 g/mol. The summed E-state index contributed by atoms with van der Waals surface area (Å²) in [6.45, 7) is 2.13. The Morgan fingerprint density at radius 3 is 2.38 bits per heavy atom. The third-order valence-corrected chi connectivity index (χ3v) is 3.24. The van der Waals surface area contributed by atoms with E-state index in [1.54, 1.807) is 38.3 Å². The molecule has 6 heteroatoms. The molecule has 0 unspecified atom stereocenters. The normalized spacial score (nSPS) is 11.5. The molecule has 0 aliphatic rings. The van der Waals surface area contributed by atoms with E-state index in [0.29, 0.717) is 18.0 Å². The summed E-state index contributed by atoms with van der Waals surface area (Å²) in [5.41, 5.74) is 0. The van der Waals surface area contributed by atoms with Crippen LogP contribution in [0.2, 0.25) is 0 Å². The largest absolute Gasteiger partial charge is 0.493 e. The molecule has 1 amide bonds. The predicted molar refractivity (Wildman–Crippen MR) is 88.0 cm³/mol. The zero-order valence-electron chi connectivity index (χ0n) is 13.6. The first-order valence-electron chi connectivity index (χ1n) is 7.56. The molecule has 0 bridgehead atoms. The second-order valence-corrected chi connectivity index (χ2v) is 4.98. The van der Waals surface area contributed by atoms with Gasteiger partial charge in [0.25, 0.3) is 5.91 Å². The van der Waals surface area contributed by atoms with Gasteiger partial charge in [0.2, 0.25) is 0 Å². The first-order chi connectivity index (χ1) is 11.6. The molecule has 2 rings (SSSR count). The number of halogens is 1. The second kappa shape index (κ2) is 8.76. The highest BCUT2D eigenvalue weighted by atomic mass is 19.1. The van der Waals surface area contributed by atoms with Crippen LogP contribution in [0.25, 0.3) is 0 Å². The van der Waals surface area contributed by atoms with Crippen LogP contribution in [0.3, 0.4) is 0 Å². The van der Waals surface area contributed by atoms with E-state index in [0.717, 1.165) is 0 Å². The summed E-state index contributed by atoms with van der Waals surface area (Å²) >= 11 is 0. The van der Waals surface area contributed by atoms with Crippen molar-refractivity contribution in [1.82, 2.24) is 5.32 Å². The van der Waals surface area contributed by atoms with Gasteiger partial charge in [-0.05, 0) is 31.2 Å².